The van der Waals surface area contributed by atoms with Gasteiger partial charge in [0.05, 0.1) is 17.4 Å². The van der Waals surface area contributed by atoms with Crippen molar-refractivity contribution in [3.05, 3.63) is 46.4 Å². The summed E-state index contributed by atoms with van der Waals surface area (Å²) in [4.78, 5) is 24.7. The second-order valence-corrected chi connectivity index (χ2v) is 6.45. The van der Waals surface area contributed by atoms with Crippen LogP contribution in [0.2, 0.25) is 0 Å². The summed E-state index contributed by atoms with van der Waals surface area (Å²) in [5.74, 6) is -0.206. The van der Waals surface area contributed by atoms with Gasteiger partial charge in [-0.1, -0.05) is 44.4 Å². The quantitative estimate of drug-likeness (QED) is 0.931. The first-order valence-corrected chi connectivity index (χ1v) is 8.83. The monoisotopic (exact) mass is 327 g/mol. The number of rotatable bonds is 4. The molecule has 1 aliphatic carbocycles. The van der Waals surface area contributed by atoms with E-state index in [4.69, 9.17) is 0 Å². The number of hydrogen-bond donors (Lipinski definition) is 1. The van der Waals surface area contributed by atoms with Gasteiger partial charge in [-0.15, -0.1) is 0 Å². The summed E-state index contributed by atoms with van der Waals surface area (Å²) >= 11 is 0. The molecule has 128 valence electrons. The highest BCUT2D eigenvalue weighted by atomic mass is 16.2. The first-order chi connectivity index (χ1) is 11.6. The summed E-state index contributed by atoms with van der Waals surface area (Å²) in [5, 5.41) is 2.77. The predicted octanol–water partition coefficient (Wildman–Crippen LogP) is 3.67. The van der Waals surface area contributed by atoms with E-state index in [1.54, 1.807) is 0 Å². The molecule has 1 heterocycles. The molecule has 0 aliphatic heterocycles. The van der Waals surface area contributed by atoms with E-state index in [0.717, 1.165) is 37.1 Å². The number of aromatic nitrogens is 2. The Balaban J connectivity index is 2.23. The zero-order chi connectivity index (χ0) is 17.1. The predicted molar refractivity (Wildman–Crippen MR) is 95.8 cm³/mol. The van der Waals surface area contributed by atoms with E-state index in [2.05, 4.69) is 5.32 Å². The smallest absolute Gasteiger partial charge is 0.291 e. The lowest BCUT2D eigenvalue weighted by molar-refractivity contribution is -0.114. The Hall–Kier alpha value is -2.30. The molecular weight excluding hydrogens is 302 g/mol. The molecule has 3 rings (SSSR count). The highest BCUT2D eigenvalue weighted by Gasteiger charge is 2.26. The third-order valence-electron chi connectivity index (χ3n) is 4.74. The zero-order valence-corrected chi connectivity index (χ0v) is 14.4. The van der Waals surface area contributed by atoms with Crippen LogP contribution >= 0.6 is 0 Å². The number of hydrogen-bond acceptors (Lipinski definition) is 2. The Bertz CT molecular complexity index is 768. The van der Waals surface area contributed by atoms with Crippen LogP contribution in [0.15, 0.2) is 35.1 Å². The van der Waals surface area contributed by atoms with Gasteiger partial charge < -0.3 is 5.32 Å². The minimum absolute atomic E-state index is 0.0854. The number of benzene rings is 1. The molecule has 0 radical (unpaired) electrons. The molecule has 1 amide bonds. The van der Waals surface area contributed by atoms with Gasteiger partial charge in [0.25, 0.3) is 5.56 Å². The fourth-order valence-corrected chi connectivity index (χ4v) is 3.70. The highest BCUT2D eigenvalue weighted by Crippen LogP contribution is 2.30. The summed E-state index contributed by atoms with van der Waals surface area (Å²) in [5.41, 5.74) is 2.18. The van der Waals surface area contributed by atoms with E-state index in [-0.39, 0.29) is 17.5 Å². The lowest BCUT2D eigenvalue weighted by Crippen LogP contribution is -2.29. The van der Waals surface area contributed by atoms with Crippen LogP contribution < -0.4 is 10.9 Å². The van der Waals surface area contributed by atoms with Crippen molar-refractivity contribution in [2.45, 2.75) is 58.4 Å². The third-order valence-corrected chi connectivity index (χ3v) is 4.74. The summed E-state index contributed by atoms with van der Waals surface area (Å²) in [6.45, 7) is 3.47. The summed E-state index contributed by atoms with van der Waals surface area (Å²) < 4.78 is 3.89. The summed E-state index contributed by atoms with van der Waals surface area (Å²) in [7, 11) is 0. The lowest BCUT2D eigenvalue weighted by atomic mass is 9.96. The van der Waals surface area contributed by atoms with Gasteiger partial charge in [0.1, 0.15) is 5.69 Å². The second kappa shape index (κ2) is 7.07. The lowest BCUT2D eigenvalue weighted by Gasteiger charge is -2.26. The van der Waals surface area contributed by atoms with Gasteiger partial charge in [-0.25, -0.2) is 4.68 Å². The molecule has 1 aromatic carbocycles. The van der Waals surface area contributed by atoms with Gasteiger partial charge in [-0.05, 0) is 31.4 Å². The minimum Gasteiger partial charge on any atom is -0.320 e. The maximum Gasteiger partial charge on any atom is 0.291 e. The second-order valence-electron chi connectivity index (χ2n) is 6.45. The van der Waals surface area contributed by atoms with Crippen LogP contribution in [0.4, 0.5) is 5.69 Å². The molecule has 2 aromatic rings. The molecule has 0 bridgehead atoms. The van der Waals surface area contributed by atoms with E-state index in [0.29, 0.717) is 12.1 Å². The van der Waals surface area contributed by atoms with Crippen molar-refractivity contribution in [3.63, 3.8) is 0 Å². The SMILES string of the molecule is CCc1c(NC(C)=O)c(=O)n(C2CCCCC2)n1-c1ccccc1. The van der Waals surface area contributed by atoms with E-state index < -0.39 is 0 Å². The largest absolute Gasteiger partial charge is 0.320 e. The molecule has 5 heteroatoms. The van der Waals surface area contributed by atoms with Crippen LogP contribution in [0.25, 0.3) is 5.69 Å². The van der Waals surface area contributed by atoms with Crippen molar-refractivity contribution in [3.8, 4) is 5.69 Å². The number of anilines is 1. The Morgan fingerprint density at radius 1 is 1.17 bits per heavy atom. The maximum atomic E-state index is 13.1. The Morgan fingerprint density at radius 3 is 2.42 bits per heavy atom. The van der Waals surface area contributed by atoms with Gasteiger partial charge in [0, 0.05) is 6.92 Å². The number of para-hydroxylation sites is 1. The standard InChI is InChI=1S/C19H25N3O2/c1-3-17-18(20-14(2)23)19(24)22(16-12-8-5-9-13-16)21(17)15-10-6-4-7-11-15/h4,6-7,10-11,16H,3,5,8-9,12-13H2,1-2H3,(H,20,23). The molecule has 0 atom stereocenters. The Morgan fingerprint density at radius 2 is 1.83 bits per heavy atom. The van der Waals surface area contributed by atoms with Crippen LogP contribution in [0.1, 0.15) is 57.7 Å². The van der Waals surface area contributed by atoms with Crippen molar-refractivity contribution in [1.82, 2.24) is 9.36 Å². The Labute approximate surface area is 142 Å². The van der Waals surface area contributed by atoms with Crippen molar-refractivity contribution >= 4 is 11.6 Å². The average molecular weight is 327 g/mol. The van der Waals surface area contributed by atoms with Gasteiger partial charge in [-0.3, -0.25) is 14.3 Å². The van der Waals surface area contributed by atoms with Gasteiger partial charge >= 0.3 is 0 Å². The highest BCUT2D eigenvalue weighted by molar-refractivity contribution is 5.89. The van der Waals surface area contributed by atoms with Crippen molar-refractivity contribution in [2.24, 2.45) is 0 Å². The summed E-state index contributed by atoms with van der Waals surface area (Å²) in [6, 6.07) is 10.1. The van der Waals surface area contributed by atoms with Crippen LogP contribution in [-0.4, -0.2) is 15.3 Å². The first-order valence-electron chi connectivity index (χ1n) is 8.83. The molecule has 1 N–H and O–H groups in total. The fourth-order valence-electron chi connectivity index (χ4n) is 3.70. The topological polar surface area (TPSA) is 56.0 Å². The third kappa shape index (κ3) is 3.03. The van der Waals surface area contributed by atoms with Crippen LogP contribution in [0.5, 0.6) is 0 Å². The molecule has 0 unspecified atom stereocenters. The molecule has 1 fully saturated rings. The van der Waals surface area contributed by atoms with Gasteiger partial charge in [0.15, 0.2) is 0 Å². The van der Waals surface area contributed by atoms with Gasteiger partial charge in [0.2, 0.25) is 5.91 Å². The van der Waals surface area contributed by atoms with Gasteiger partial charge in [-0.2, -0.15) is 0 Å². The zero-order valence-electron chi connectivity index (χ0n) is 14.4. The number of nitrogens with zero attached hydrogens (tertiary/aromatic N) is 2. The molecule has 0 saturated heterocycles. The van der Waals surface area contributed by atoms with Crippen molar-refractivity contribution in [1.29, 1.82) is 0 Å². The average Bonchev–Trinajstić information content (AvgIpc) is 2.88. The molecule has 24 heavy (non-hydrogen) atoms. The normalized spacial score (nSPS) is 15.4. The molecule has 1 saturated carbocycles. The molecule has 1 aromatic heterocycles. The van der Waals surface area contributed by atoms with Crippen molar-refractivity contribution < 1.29 is 4.79 Å². The molecule has 1 aliphatic rings. The van der Waals surface area contributed by atoms with E-state index in [9.17, 15) is 9.59 Å². The first kappa shape index (κ1) is 16.6. The van der Waals surface area contributed by atoms with E-state index in [1.165, 1.54) is 13.3 Å². The minimum atomic E-state index is -0.206. The number of nitrogens with one attached hydrogen (secondary N) is 1. The van der Waals surface area contributed by atoms with E-state index >= 15 is 0 Å². The maximum absolute atomic E-state index is 13.1. The van der Waals surface area contributed by atoms with Crippen LogP contribution in [0, 0.1) is 0 Å². The number of carbonyl (C=O) groups excluding carboxylic acids is 1. The number of amides is 1. The van der Waals surface area contributed by atoms with Crippen molar-refractivity contribution in [2.75, 3.05) is 5.32 Å². The van der Waals surface area contributed by atoms with E-state index in [1.807, 2.05) is 46.6 Å². The number of carbonyl (C=O) groups is 1. The molecule has 5 nitrogen and oxygen atoms in total. The molecule has 0 spiro atoms. The Kier molecular flexibility index (Phi) is 4.88. The summed E-state index contributed by atoms with van der Waals surface area (Å²) in [6.07, 6.45) is 6.23. The van der Waals surface area contributed by atoms with Crippen LogP contribution in [-0.2, 0) is 11.2 Å². The molecular formula is C19H25N3O2. The van der Waals surface area contributed by atoms with Crippen LogP contribution in [0.3, 0.4) is 0 Å². The fraction of sp³-hybridized carbons (Fsp3) is 0.474.